The Morgan fingerprint density at radius 3 is 2.83 bits per heavy atom. The molecular weight excluding hydrogens is 518 g/mol. The Kier molecular flexibility index (Phi) is 7.18. The first-order valence-corrected chi connectivity index (χ1v) is 12.9. The average molecular weight is 538 g/mol. The second kappa shape index (κ2) is 10.1. The van der Waals surface area contributed by atoms with Crippen molar-refractivity contribution in [2.45, 2.75) is 23.2 Å². The molecule has 184 valence electrons. The smallest absolute Gasteiger partial charge is 0.352 e. The van der Waals surface area contributed by atoms with Crippen LogP contribution < -0.4 is 16.7 Å². The molecule has 4 heterocycles. The highest BCUT2D eigenvalue weighted by Crippen LogP contribution is 2.41. The van der Waals surface area contributed by atoms with Gasteiger partial charge in [0, 0.05) is 27.8 Å². The van der Waals surface area contributed by atoms with Crippen LogP contribution in [0.4, 0.5) is 5.13 Å². The minimum Gasteiger partial charge on any atom is -0.477 e. The van der Waals surface area contributed by atoms with E-state index in [0.29, 0.717) is 22.0 Å². The first kappa shape index (κ1) is 24.8. The predicted molar refractivity (Wildman–Crippen MR) is 130 cm³/mol. The van der Waals surface area contributed by atoms with Crippen LogP contribution in [0.1, 0.15) is 11.5 Å². The fourth-order valence-corrected chi connectivity index (χ4v) is 6.56. The summed E-state index contributed by atoms with van der Waals surface area (Å²) in [4.78, 5) is 59.9. The van der Waals surface area contributed by atoms with Gasteiger partial charge in [-0.25, -0.2) is 14.6 Å². The Balaban J connectivity index is 1.50. The van der Waals surface area contributed by atoms with E-state index in [2.05, 4.69) is 15.5 Å². The van der Waals surface area contributed by atoms with Crippen LogP contribution in [0.3, 0.4) is 0 Å². The number of hydrogen-bond acceptors (Lipinski definition) is 12. The van der Waals surface area contributed by atoms with Crippen LogP contribution in [0.5, 0.6) is 0 Å². The summed E-state index contributed by atoms with van der Waals surface area (Å²) in [5.74, 6) is -1.46. The molecular formula is C20H19N5O7S3. The van der Waals surface area contributed by atoms with Crippen LogP contribution in [-0.4, -0.2) is 68.5 Å². The van der Waals surface area contributed by atoms with E-state index >= 15 is 0 Å². The third-order valence-electron chi connectivity index (χ3n) is 4.98. The molecule has 0 saturated carbocycles. The van der Waals surface area contributed by atoms with Gasteiger partial charge in [-0.2, -0.15) is 0 Å². The number of carbonyl (C=O) groups excluding carboxylic acids is 2. The molecule has 2 aromatic rings. The first-order valence-electron chi connectivity index (χ1n) is 9.97. The number of fused-ring (bicyclic) bond motifs is 1. The molecule has 2 aliphatic rings. The van der Waals surface area contributed by atoms with E-state index in [1.807, 2.05) is 0 Å². The number of carbonyl (C=O) groups is 3. The number of β-lactam (4-membered cyclic amide) rings is 1. The van der Waals surface area contributed by atoms with Crippen molar-refractivity contribution in [3.63, 3.8) is 0 Å². The van der Waals surface area contributed by atoms with E-state index in [4.69, 9.17) is 15.0 Å². The van der Waals surface area contributed by atoms with E-state index in [-0.39, 0.29) is 28.0 Å². The third kappa shape index (κ3) is 5.06. The van der Waals surface area contributed by atoms with Crippen LogP contribution in [0, 0.1) is 6.92 Å². The number of aromatic nitrogens is 1. The molecule has 2 aromatic heterocycles. The molecule has 0 radical (unpaired) electrons. The van der Waals surface area contributed by atoms with Crippen molar-refractivity contribution >= 4 is 63.5 Å². The maximum atomic E-state index is 12.9. The quantitative estimate of drug-likeness (QED) is 0.188. The normalized spacial score (nSPS) is 19.8. The number of nitrogen functional groups attached to an aromatic ring is 1. The number of hydrogen-bond donors (Lipinski definition) is 3. The van der Waals surface area contributed by atoms with E-state index in [0.717, 1.165) is 11.3 Å². The lowest BCUT2D eigenvalue weighted by molar-refractivity contribution is -0.150. The molecule has 4 N–H and O–H groups in total. The lowest BCUT2D eigenvalue weighted by atomic mass is 10.0. The van der Waals surface area contributed by atoms with Crippen molar-refractivity contribution in [1.82, 2.24) is 15.2 Å². The number of thiazole rings is 1. The molecule has 12 nitrogen and oxygen atoms in total. The summed E-state index contributed by atoms with van der Waals surface area (Å²) >= 11 is 3.73. The van der Waals surface area contributed by atoms with Crippen molar-refractivity contribution in [1.29, 1.82) is 0 Å². The number of anilines is 1. The van der Waals surface area contributed by atoms with Crippen molar-refractivity contribution in [2.75, 3.05) is 24.3 Å². The zero-order chi connectivity index (χ0) is 25.3. The average Bonchev–Trinajstić information content (AvgIpc) is 3.23. The van der Waals surface area contributed by atoms with E-state index in [1.165, 1.54) is 47.0 Å². The van der Waals surface area contributed by atoms with Gasteiger partial charge in [-0.3, -0.25) is 14.5 Å². The van der Waals surface area contributed by atoms with Gasteiger partial charge >= 0.3 is 11.6 Å². The van der Waals surface area contributed by atoms with E-state index < -0.39 is 34.8 Å². The highest BCUT2D eigenvalue weighted by molar-refractivity contribution is 8.01. The van der Waals surface area contributed by atoms with E-state index in [9.17, 15) is 24.3 Å². The number of amides is 2. The largest absolute Gasteiger partial charge is 0.477 e. The van der Waals surface area contributed by atoms with Gasteiger partial charge in [0.1, 0.15) is 35.7 Å². The Hall–Kier alpha value is -3.30. The number of aryl methyl sites for hydroxylation is 1. The number of oxime groups is 1. The van der Waals surface area contributed by atoms with Gasteiger partial charge in [-0.15, -0.1) is 34.9 Å². The number of nitrogens with one attached hydrogen (secondary N) is 1. The predicted octanol–water partition coefficient (Wildman–Crippen LogP) is 0.868. The SMILES string of the molecule is CON=C(C(=O)N[C@@H]1C(=O)N2C(C(=O)O)=C(CSc3cc(C)oc(=O)c3)CS[C@@H]12)c1csc(N)n1. The van der Waals surface area contributed by atoms with Crippen LogP contribution in [0.2, 0.25) is 0 Å². The summed E-state index contributed by atoms with van der Waals surface area (Å²) < 4.78 is 4.94. The summed E-state index contributed by atoms with van der Waals surface area (Å²) in [6.07, 6.45) is 0. The molecule has 1 fully saturated rings. The van der Waals surface area contributed by atoms with Gasteiger partial charge in [0.25, 0.3) is 11.8 Å². The van der Waals surface area contributed by atoms with Gasteiger partial charge in [0.05, 0.1) is 0 Å². The maximum absolute atomic E-state index is 12.9. The molecule has 1 saturated heterocycles. The Bertz CT molecular complexity index is 1320. The van der Waals surface area contributed by atoms with Gasteiger partial charge in [-0.05, 0) is 18.6 Å². The van der Waals surface area contributed by atoms with E-state index in [1.54, 1.807) is 13.0 Å². The van der Waals surface area contributed by atoms with Crippen LogP contribution in [0.15, 0.2) is 48.0 Å². The molecule has 0 unspecified atom stereocenters. The third-order valence-corrected chi connectivity index (χ3v) is 8.05. The topological polar surface area (TPSA) is 177 Å². The number of aliphatic carboxylic acids is 1. The second-order valence-corrected chi connectivity index (χ2v) is 10.4. The summed E-state index contributed by atoms with van der Waals surface area (Å²) in [5, 5.41) is 17.3. The number of nitrogens with zero attached hydrogens (tertiary/aromatic N) is 3. The molecule has 0 spiro atoms. The zero-order valence-corrected chi connectivity index (χ0v) is 20.8. The van der Waals surface area contributed by atoms with Crippen molar-refractivity contribution in [3.8, 4) is 0 Å². The highest BCUT2D eigenvalue weighted by Gasteiger charge is 2.54. The molecule has 2 amide bonds. The van der Waals surface area contributed by atoms with Gasteiger partial charge in [0.2, 0.25) is 0 Å². The summed E-state index contributed by atoms with van der Waals surface area (Å²) in [7, 11) is 1.27. The molecule has 2 atom stereocenters. The van der Waals surface area contributed by atoms with Crippen molar-refractivity contribution in [3.05, 3.63) is 50.7 Å². The monoisotopic (exact) mass is 537 g/mol. The van der Waals surface area contributed by atoms with Gasteiger partial charge in [-0.1, -0.05) is 5.16 Å². The Morgan fingerprint density at radius 2 is 2.20 bits per heavy atom. The Labute approximate surface area is 210 Å². The minimum atomic E-state index is -1.24. The number of carboxylic acids is 1. The Morgan fingerprint density at radius 1 is 1.43 bits per heavy atom. The fourth-order valence-electron chi connectivity index (χ4n) is 3.53. The zero-order valence-electron chi connectivity index (χ0n) is 18.3. The van der Waals surface area contributed by atoms with Crippen LogP contribution in [0.25, 0.3) is 0 Å². The van der Waals surface area contributed by atoms with Crippen LogP contribution >= 0.6 is 34.9 Å². The lowest BCUT2D eigenvalue weighted by Crippen LogP contribution is -2.71. The number of thioether (sulfide) groups is 2. The summed E-state index contributed by atoms with van der Waals surface area (Å²) in [6, 6.07) is 2.06. The minimum absolute atomic E-state index is 0.116. The summed E-state index contributed by atoms with van der Waals surface area (Å²) in [5.41, 5.74) is 5.60. The fraction of sp³-hybridized carbons (Fsp3) is 0.300. The van der Waals surface area contributed by atoms with Gasteiger partial charge in [0.15, 0.2) is 10.8 Å². The molecule has 4 rings (SSSR count). The maximum Gasteiger partial charge on any atom is 0.352 e. The first-order chi connectivity index (χ1) is 16.7. The second-order valence-electron chi connectivity index (χ2n) is 7.32. The molecule has 35 heavy (non-hydrogen) atoms. The highest BCUT2D eigenvalue weighted by atomic mass is 32.2. The van der Waals surface area contributed by atoms with Crippen molar-refractivity contribution in [2.24, 2.45) is 5.16 Å². The molecule has 2 aliphatic heterocycles. The number of rotatable bonds is 8. The van der Waals surface area contributed by atoms with Gasteiger partial charge < -0.3 is 25.4 Å². The van der Waals surface area contributed by atoms with Crippen LogP contribution in [-0.2, 0) is 19.2 Å². The van der Waals surface area contributed by atoms with Crippen molar-refractivity contribution < 1.29 is 28.7 Å². The molecule has 15 heteroatoms. The molecule has 0 bridgehead atoms. The molecule has 0 aromatic carbocycles. The number of nitrogens with two attached hydrogens (primary N) is 1. The molecule has 0 aliphatic carbocycles. The standard InChI is InChI=1S/C20H19N5O7S3/c1-8-3-10(4-12(26)32-8)33-5-9-6-34-18-14(17(28)25(18)15(9)19(29)30)23-16(27)13(24-31-2)11-7-35-20(21)22-11/h3-4,7,14,18H,5-6H2,1-2H3,(H2,21,22)(H,23,27)(H,29,30)/t14-,18+/m1/s1. The number of carboxylic acid groups (broad SMARTS) is 1. The summed E-state index contributed by atoms with van der Waals surface area (Å²) in [6.45, 7) is 1.65. The lowest BCUT2D eigenvalue weighted by Gasteiger charge is -2.49.